The maximum atomic E-state index is 13.0. The van der Waals surface area contributed by atoms with Gasteiger partial charge in [-0.25, -0.2) is 9.18 Å². The molecular weight excluding hydrogens is 325 g/mol. The lowest BCUT2D eigenvalue weighted by Crippen LogP contribution is -2.41. The Kier molecular flexibility index (Phi) is 4.69. The monoisotopic (exact) mass is 347 g/mol. The van der Waals surface area contributed by atoms with Crippen molar-refractivity contribution in [3.8, 4) is 5.69 Å². The number of amides is 1. The standard InChI is InChI=1S/C17H22FN5O2/c1-17(2,3)25-16(24)22-10-8-12(9-11-22)15-19-21-23(20-15)14-6-4-13(18)5-7-14/h4-7,12H,8-11H2,1-3H3. The lowest BCUT2D eigenvalue weighted by atomic mass is 9.96. The minimum absolute atomic E-state index is 0.146. The van der Waals surface area contributed by atoms with Crippen LogP contribution in [-0.2, 0) is 4.74 Å². The SMILES string of the molecule is CC(C)(C)OC(=O)N1CCC(c2nnn(-c3ccc(F)cc3)n2)CC1. The summed E-state index contributed by atoms with van der Waals surface area (Å²) in [6, 6.07) is 5.92. The van der Waals surface area contributed by atoms with E-state index in [1.807, 2.05) is 20.8 Å². The van der Waals surface area contributed by atoms with Gasteiger partial charge in [0.1, 0.15) is 11.4 Å². The third kappa shape index (κ3) is 4.32. The molecule has 1 saturated heterocycles. The number of likely N-dealkylation sites (tertiary alicyclic amines) is 1. The van der Waals surface area contributed by atoms with Crippen LogP contribution in [0.4, 0.5) is 9.18 Å². The van der Waals surface area contributed by atoms with E-state index < -0.39 is 5.60 Å². The second kappa shape index (κ2) is 6.78. The van der Waals surface area contributed by atoms with E-state index in [-0.39, 0.29) is 17.8 Å². The first kappa shape index (κ1) is 17.3. The topological polar surface area (TPSA) is 73.1 Å². The average molecular weight is 347 g/mol. The van der Waals surface area contributed by atoms with Crippen LogP contribution in [0.25, 0.3) is 5.69 Å². The first-order valence-corrected chi connectivity index (χ1v) is 8.35. The molecule has 0 radical (unpaired) electrons. The zero-order chi connectivity index (χ0) is 18.0. The summed E-state index contributed by atoms with van der Waals surface area (Å²) in [6.07, 6.45) is 1.23. The first-order valence-electron chi connectivity index (χ1n) is 8.35. The predicted molar refractivity (Wildman–Crippen MR) is 88.9 cm³/mol. The molecule has 3 rings (SSSR count). The molecule has 8 heteroatoms. The minimum atomic E-state index is -0.493. The molecule has 0 unspecified atom stereocenters. The number of benzene rings is 1. The molecule has 0 N–H and O–H groups in total. The Balaban J connectivity index is 1.60. The summed E-state index contributed by atoms with van der Waals surface area (Å²) in [5, 5.41) is 12.6. The zero-order valence-corrected chi connectivity index (χ0v) is 14.6. The molecule has 0 atom stereocenters. The highest BCUT2D eigenvalue weighted by Gasteiger charge is 2.29. The Morgan fingerprint density at radius 1 is 1.20 bits per heavy atom. The Hall–Kier alpha value is -2.51. The van der Waals surface area contributed by atoms with Gasteiger partial charge in [0.05, 0.1) is 5.69 Å². The molecular formula is C17H22FN5O2. The maximum Gasteiger partial charge on any atom is 0.410 e. The number of piperidine rings is 1. The maximum absolute atomic E-state index is 13.0. The predicted octanol–water partition coefficient (Wildman–Crippen LogP) is 2.92. The van der Waals surface area contributed by atoms with Crippen molar-refractivity contribution in [1.29, 1.82) is 0 Å². The second-order valence-electron chi connectivity index (χ2n) is 7.16. The molecule has 7 nitrogen and oxygen atoms in total. The summed E-state index contributed by atoms with van der Waals surface area (Å²) < 4.78 is 18.4. The number of halogens is 1. The highest BCUT2D eigenvalue weighted by atomic mass is 19.1. The molecule has 0 bridgehead atoms. The van der Waals surface area contributed by atoms with Gasteiger partial charge in [0.2, 0.25) is 0 Å². The summed E-state index contributed by atoms with van der Waals surface area (Å²) in [5.74, 6) is 0.486. The third-order valence-corrected chi connectivity index (χ3v) is 4.00. The van der Waals surface area contributed by atoms with E-state index >= 15 is 0 Å². The van der Waals surface area contributed by atoms with Gasteiger partial charge in [0, 0.05) is 19.0 Å². The van der Waals surface area contributed by atoms with Gasteiger partial charge < -0.3 is 9.64 Å². The number of hydrogen-bond acceptors (Lipinski definition) is 5. The molecule has 1 aromatic carbocycles. The number of tetrazole rings is 1. The normalized spacial score (nSPS) is 16.1. The van der Waals surface area contributed by atoms with Crippen molar-refractivity contribution in [1.82, 2.24) is 25.1 Å². The van der Waals surface area contributed by atoms with E-state index in [9.17, 15) is 9.18 Å². The van der Waals surface area contributed by atoms with Gasteiger partial charge >= 0.3 is 6.09 Å². The van der Waals surface area contributed by atoms with E-state index in [0.29, 0.717) is 24.6 Å². The van der Waals surface area contributed by atoms with Crippen molar-refractivity contribution in [2.75, 3.05) is 13.1 Å². The number of carbonyl (C=O) groups excluding carboxylic acids is 1. The highest BCUT2D eigenvalue weighted by molar-refractivity contribution is 5.68. The number of hydrogen-bond donors (Lipinski definition) is 0. The van der Waals surface area contributed by atoms with E-state index in [1.165, 1.54) is 16.9 Å². The van der Waals surface area contributed by atoms with Crippen LogP contribution in [0, 0.1) is 5.82 Å². The average Bonchev–Trinajstić information content (AvgIpc) is 3.04. The number of nitrogens with zero attached hydrogens (tertiary/aromatic N) is 5. The molecule has 1 aromatic heterocycles. The van der Waals surface area contributed by atoms with Crippen molar-refractivity contribution in [2.45, 2.75) is 45.1 Å². The van der Waals surface area contributed by atoms with Crippen LogP contribution in [0.3, 0.4) is 0 Å². The molecule has 1 aliphatic heterocycles. The van der Waals surface area contributed by atoms with Crippen LogP contribution in [-0.4, -0.2) is 49.9 Å². The minimum Gasteiger partial charge on any atom is -0.444 e. The highest BCUT2D eigenvalue weighted by Crippen LogP contribution is 2.26. The van der Waals surface area contributed by atoms with Crippen LogP contribution < -0.4 is 0 Å². The summed E-state index contributed by atoms with van der Waals surface area (Å²) >= 11 is 0. The lowest BCUT2D eigenvalue weighted by molar-refractivity contribution is 0.0203. The summed E-state index contributed by atoms with van der Waals surface area (Å²) in [7, 11) is 0. The third-order valence-electron chi connectivity index (χ3n) is 4.00. The van der Waals surface area contributed by atoms with Gasteiger partial charge in [-0.3, -0.25) is 0 Å². The molecule has 0 aliphatic carbocycles. The zero-order valence-electron chi connectivity index (χ0n) is 14.6. The van der Waals surface area contributed by atoms with Crippen molar-refractivity contribution in [2.24, 2.45) is 0 Å². The van der Waals surface area contributed by atoms with Crippen LogP contribution >= 0.6 is 0 Å². The molecule has 1 amide bonds. The quantitative estimate of drug-likeness (QED) is 0.835. The summed E-state index contributed by atoms with van der Waals surface area (Å²) in [6.45, 7) is 6.77. The van der Waals surface area contributed by atoms with Gasteiger partial charge in [0.25, 0.3) is 0 Å². The summed E-state index contributed by atoms with van der Waals surface area (Å²) in [4.78, 5) is 15.2. The summed E-state index contributed by atoms with van der Waals surface area (Å²) in [5.41, 5.74) is 0.166. The Morgan fingerprint density at radius 3 is 2.44 bits per heavy atom. The Bertz CT molecular complexity index is 730. The Labute approximate surface area is 145 Å². The fraction of sp³-hybridized carbons (Fsp3) is 0.529. The van der Waals surface area contributed by atoms with E-state index in [0.717, 1.165) is 12.8 Å². The number of ether oxygens (including phenoxy) is 1. The van der Waals surface area contributed by atoms with E-state index in [1.54, 1.807) is 17.0 Å². The molecule has 2 heterocycles. The second-order valence-corrected chi connectivity index (χ2v) is 7.16. The molecule has 134 valence electrons. The molecule has 2 aromatic rings. The van der Waals surface area contributed by atoms with Gasteiger partial charge in [-0.1, -0.05) is 0 Å². The van der Waals surface area contributed by atoms with Crippen LogP contribution in [0.5, 0.6) is 0 Å². The fourth-order valence-electron chi connectivity index (χ4n) is 2.72. The van der Waals surface area contributed by atoms with Crippen molar-refractivity contribution in [3.05, 3.63) is 35.9 Å². The Morgan fingerprint density at radius 2 is 1.84 bits per heavy atom. The molecule has 25 heavy (non-hydrogen) atoms. The molecule has 0 spiro atoms. The molecule has 0 saturated carbocycles. The smallest absolute Gasteiger partial charge is 0.410 e. The largest absolute Gasteiger partial charge is 0.444 e. The van der Waals surface area contributed by atoms with E-state index in [4.69, 9.17) is 4.74 Å². The van der Waals surface area contributed by atoms with Crippen molar-refractivity contribution >= 4 is 6.09 Å². The van der Waals surface area contributed by atoms with Crippen molar-refractivity contribution in [3.63, 3.8) is 0 Å². The lowest BCUT2D eigenvalue weighted by Gasteiger charge is -2.32. The number of aromatic nitrogens is 4. The number of carbonyl (C=O) groups is 1. The van der Waals surface area contributed by atoms with Gasteiger partial charge in [0.15, 0.2) is 5.82 Å². The first-order chi connectivity index (χ1) is 11.8. The van der Waals surface area contributed by atoms with Crippen LogP contribution in [0.2, 0.25) is 0 Å². The number of rotatable bonds is 2. The fourth-order valence-corrected chi connectivity index (χ4v) is 2.72. The van der Waals surface area contributed by atoms with E-state index in [2.05, 4.69) is 15.4 Å². The van der Waals surface area contributed by atoms with Crippen LogP contribution in [0.1, 0.15) is 45.4 Å². The van der Waals surface area contributed by atoms with Crippen molar-refractivity contribution < 1.29 is 13.9 Å². The van der Waals surface area contributed by atoms with Gasteiger partial charge in [-0.05, 0) is 63.1 Å². The molecule has 1 aliphatic rings. The van der Waals surface area contributed by atoms with Gasteiger partial charge in [-0.2, -0.15) is 0 Å². The molecule has 1 fully saturated rings. The van der Waals surface area contributed by atoms with Crippen LogP contribution in [0.15, 0.2) is 24.3 Å². The van der Waals surface area contributed by atoms with Gasteiger partial charge in [-0.15, -0.1) is 15.0 Å².